The number of carbonyl (C=O) groups excluding carboxylic acids is 1. The van der Waals surface area contributed by atoms with Gasteiger partial charge in [0.1, 0.15) is 0 Å². The zero-order chi connectivity index (χ0) is 38.2. The fraction of sp³-hybridized carbons (Fsp3) is 0.980. The molecular formula is C51H101LiO2. The van der Waals surface area contributed by atoms with E-state index in [1.165, 1.54) is 295 Å². The quantitative estimate of drug-likeness (QED) is 0.0459. The van der Waals surface area contributed by atoms with Crippen molar-refractivity contribution >= 4 is 5.97 Å². The van der Waals surface area contributed by atoms with E-state index in [1.807, 2.05) is 0 Å². The summed E-state index contributed by atoms with van der Waals surface area (Å²) in [6, 6.07) is 0. The van der Waals surface area contributed by atoms with E-state index in [9.17, 15) is 9.90 Å². The number of unbranched alkanes of at least 4 members (excludes halogenated alkanes) is 47. The van der Waals surface area contributed by atoms with Crippen molar-refractivity contribution in [2.24, 2.45) is 0 Å². The number of rotatable bonds is 49. The maximum absolute atomic E-state index is 10.4. The van der Waals surface area contributed by atoms with E-state index >= 15 is 0 Å². The Hall–Kier alpha value is 0.0674. The van der Waals surface area contributed by atoms with Crippen molar-refractivity contribution in [1.29, 1.82) is 0 Å². The topological polar surface area (TPSA) is 40.1 Å². The van der Waals surface area contributed by atoms with Crippen LogP contribution in [0, 0.1) is 0 Å². The minimum atomic E-state index is -0.896. The summed E-state index contributed by atoms with van der Waals surface area (Å²) in [5.41, 5.74) is 0. The predicted octanol–water partition coefficient (Wildman–Crippen LogP) is 14.9. The van der Waals surface area contributed by atoms with Crippen LogP contribution < -0.4 is 24.0 Å². The first-order chi connectivity index (χ1) is 26.3. The SMILES string of the molecule is CCCCCCCCCCCCCCCCCCCCCCCCCCCCCCCCCCCCCCCCCCCCCCCCCCC(=O)[O-].[Li+]. The average Bonchev–Trinajstić information content (AvgIpc) is 3.15. The number of hydrogen-bond donors (Lipinski definition) is 0. The zero-order valence-electron chi connectivity index (χ0n) is 38.0. The largest absolute Gasteiger partial charge is 1.00 e. The monoisotopic (exact) mass is 753 g/mol. The molecule has 0 aromatic rings. The van der Waals surface area contributed by atoms with Gasteiger partial charge in [-0.2, -0.15) is 0 Å². The fourth-order valence-corrected chi connectivity index (χ4v) is 8.47. The summed E-state index contributed by atoms with van der Waals surface area (Å²) in [5, 5.41) is 10.4. The molecule has 0 N–H and O–H groups in total. The molecule has 0 heterocycles. The van der Waals surface area contributed by atoms with Crippen molar-refractivity contribution in [3.63, 3.8) is 0 Å². The van der Waals surface area contributed by atoms with E-state index in [0.717, 1.165) is 12.8 Å². The molecule has 0 amide bonds. The Kier molecular flexibility index (Phi) is 55.2. The van der Waals surface area contributed by atoms with Crippen molar-refractivity contribution < 1.29 is 28.8 Å². The summed E-state index contributed by atoms with van der Waals surface area (Å²) in [6.45, 7) is 2.31. The third-order valence-electron chi connectivity index (χ3n) is 12.2. The van der Waals surface area contributed by atoms with Crippen molar-refractivity contribution in [3.05, 3.63) is 0 Å². The molecule has 318 valence electrons. The smallest absolute Gasteiger partial charge is 0.550 e. The molecule has 0 aliphatic heterocycles. The minimum Gasteiger partial charge on any atom is -0.550 e. The van der Waals surface area contributed by atoms with Gasteiger partial charge in [-0.15, -0.1) is 0 Å². The maximum atomic E-state index is 10.4. The van der Waals surface area contributed by atoms with Crippen LogP contribution in [-0.4, -0.2) is 5.97 Å². The molecule has 0 aliphatic carbocycles. The Bertz CT molecular complexity index is 651. The minimum absolute atomic E-state index is 0. The normalized spacial score (nSPS) is 11.4. The van der Waals surface area contributed by atoms with Crippen LogP contribution in [0.25, 0.3) is 0 Å². The van der Waals surface area contributed by atoms with Crippen LogP contribution in [0.15, 0.2) is 0 Å². The zero-order valence-corrected chi connectivity index (χ0v) is 38.0. The second-order valence-electron chi connectivity index (χ2n) is 17.7. The van der Waals surface area contributed by atoms with Crippen LogP contribution in [0.4, 0.5) is 0 Å². The fourth-order valence-electron chi connectivity index (χ4n) is 8.47. The molecule has 0 aromatic carbocycles. The molecule has 0 atom stereocenters. The summed E-state index contributed by atoms with van der Waals surface area (Å²) in [4.78, 5) is 10.4. The van der Waals surface area contributed by atoms with E-state index in [4.69, 9.17) is 0 Å². The Balaban J connectivity index is 0. The molecule has 0 saturated heterocycles. The van der Waals surface area contributed by atoms with Gasteiger partial charge in [0.25, 0.3) is 0 Å². The van der Waals surface area contributed by atoms with E-state index < -0.39 is 5.97 Å². The van der Waals surface area contributed by atoms with Crippen LogP contribution in [-0.2, 0) is 4.79 Å². The molecule has 2 nitrogen and oxygen atoms in total. The summed E-state index contributed by atoms with van der Waals surface area (Å²) < 4.78 is 0. The maximum Gasteiger partial charge on any atom is 1.00 e. The van der Waals surface area contributed by atoms with Crippen molar-refractivity contribution in [3.8, 4) is 0 Å². The number of hydrogen-bond acceptors (Lipinski definition) is 2. The van der Waals surface area contributed by atoms with Gasteiger partial charge < -0.3 is 9.90 Å². The summed E-state index contributed by atoms with van der Waals surface area (Å²) in [6.07, 6.45) is 69.0. The molecule has 0 fully saturated rings. The number of carboxylic acid groups (broad SMARTS) is 1. The van der Waals surface area contributed by atoms with Crippen molar-refractivity contribution in [1.82, 2.24) is 0 Å². The Labute approximate surface area is 354 Å². The summed E-state index contributed by atoms with van der Waals surface area (Å²) in [7, 11) is 0. The first kappa shape index (κ1) is 56.2. The Morgan fingerprint density at radius 3 is 0.463 bits per heavy atom. The molecular weight excluding hydrogens is 652 g/mol. The predicted molar refractivity (Wildman–Crippen MR) is 237 cm³/mol. The number of carbonyl (C=O) groups is 1. The first-order valence-corrected chi connectivity index (χ1v) is 25.5. The number of carboxylic acids is 1. The van der Waals surface area contributed by atoms with Gasteiger partial charge in [-0.1, -0.05) is 309 Å². The average molecular weight is 753 g/mol. The van der Waals surface area contributed by atoms with Crippen LogP contribution in [0.2, 0.25) is 0 Å². The molecule has 0 spiro atoms. The van der Waals surface area contributed by atoms with E-state index in [1.54, 1.807) is 0 Å². The molecule has 0 radical (unpaired) electrons. The van der Waals surface area contributed by atoms with Crippen LogP contribution in [0.3, 0.4) is 0 Å². The molecule has 0 aromatic heterocycles. The van der Waals surface area contributed by atoms with Crippen LogP contribution in [0.1, 0.15) is 322 Å². The summed E-state index contributed by atoms with van der Waals surface area (Å²) >= 11 is 0. The molecule has 3 heteroatoms. The van der Waals surface area contributed by atoms with Crippen molar-refractivity contribution in [2.75, 3.05) is 0 Å². The first-order valence-electron chi connectivity index (χ1n) is 25.5. The van der Waals surface area contributed by atoms with Gasteiger partial charge in [0, 0.05) is 5.97 Å². The standard InChI is InChI=1S/C51H102O2.Li/c1-2-3-4-5-6-7-8-9-10-11-12-13-14-15-16-17-18-19-20-21-22-23-24-25-26-27-28-29-30-31-32-33-34-35-36-37-38-39-40-41-42-43-44-45-46-47-48-49-50-51(52)53;/h2-50H2,1H3,(H,52,53);/q;+1/p-1. The van der Waals surface area contributed by atoms with Gasteiger partial charge in [0.05, 0.1) is 0 Å². The number of aliphatic carboxylic acids is 1. The van der Waals surface area contributed by atoms with Gasteiger partial charge in [-0.05, 0) is 12.8 Å². The second kappa shape index (κ2) is 53.1. The third kappa shape index (κ3) is 54.2. The molecule has 0 saturated carbocycles. The summed E-state index contributed by atoms with van der Waals surface area (Å²) in [5.74, 6) is -0.896. The van der Waals surface area contributed by atoms with E-state index in [-0.39, 0.29) is 25.3 Å². The van der Waals surface area contributed by atoms with Crippen LogP contribution in [0.5, 0.6) is 0 Å². The van der Waals surface area contributed by atoms with Gasteiger partial charge in [-0.3, -0.25) is 0 Å². The van der Waals surface area contributed by atoms with Gasteiger partial charge in [0.2, 0.25) is 0 Å². The molecule has 0 bridgehead atoms. The molecule has 0 aliphatic rings. The van der Waals surface area contributed by atoms with Crippen molar-refractivity contribution in [2.45, 2.75) is 322 Å². The molecule has 0 rings (SSSR count). The van der Waals surface area contributed by atoms with Gasteiger partial charge >= 0.3 is 18.9 Å². The molecule has 0 unspecified atom stereocenters. The third-order valence-corrected chi connectivity index (χ3v) is 12.2. The molecule has 54 heavy (non-hydrogen) atoms. The second-order valence-corrected chi connectivity index (χ2v) is 17.7. The Morgan fingerprint density at radius 1 is 0.241 bits per heavy atom. The van der Waals surface area contributed by atoms with Crippen LogP contribution >= 0.6 is 0 Å². The van der Waals surface area contributed by atoms with Gasteiger partial charge in [0.15, 0.2) is 0 Å². The Morgan fingerprint density at radius 2 is 0.352 bits per heavy atom. The van der Waals surface area contributed by atoms with E-state index in [2.05, 4.69) is 6.92 Å². The van der Waals surface area contributed by atoms with E-state index in [0.29, 0.717) is 0 Å². The van der Waals surface area contributed by atoms with Gasteiger partial charge in [-0.25, -0.2) is 0 Å².